The summed E-state index contributed by atoms with van der Waals surface area (Å²) in [4.78, 5) is 10.7. The number of hydrogen-bond donors (Lipinski definition) is 2. The minimum Gasteiger partial charge on any atom is -0.478 e. The van der Waals surface area contributed by atoms with E-state index in [1.807, 2.05) is 19.9 Å². The molecule has 4 nitrogen and oxygen atoms in total. The van der Waals surface area contributed by atoms with Crippen molar-refractivity contribution in [2.45, 2.75) is 20.0 Å². The van der Waals surface area contributed by atoms with Crippen molar-refractivity contribution in [3.8, 4) is 5.75 Å². The van der Waals surface area contributed by atoms with Crippen LogP contribution in [0.2, 0.25) is 0 Å². The standard InChI is InChI=1S/C11H15NO3/c1-7-3-4-9(5-8(7)2)15-10(6-12)11(13)14/h3-5,10H,6,12H2,1-2H3,(H,13,14). The van der Waals surface area contributed by atoms with Crippen LogP contribution in [0, 0.1) is 13.8 Å². The summed E-state index contributed by atoms with van der Waals surface area (Å²) in [6.45, 7) is 3.89. The molecule has 0 saturated carbocycles. The molecule has 0 aromatic heterocycles. The van der Waals surface area contributed by atoms with E-state index in [1.54, 1.807) is 12.1 Å². The van der Waals surface area contributed by atoms with Gasteiger partial charge in [0, 0.05) is 6.54 Å². The molecule has 15 heavy (non-hydrogen) atoms. The van der Waals surface area contributed by atoms with Crippen molar-refractivity contribution in [3.63, 3.8) is 0 Å². The Balaban J connectivity index is 2.80. The van der Waals surface area contributed by atoms with E-state index in [0.717, 1.165) is 11.1 Å². The summed E-state index contributed by atoms with van der Waals surface area (Å²) in [5.41, 5.74) is 7.49. The number of aryl methyl sites for hydroxylation is 2. The first kappa shape index (κ1) is 11.5. The first-order valence-electron chi connectivity index (χ1n) is 4.71. The first-order valence-corrected chi connectivity index (χ1v) is 4.71. The average Bonchev–Trinajstić information content (AvgIpc) is 2.19. The smallest absolute Gasteiger partial charge is 0.346 e. The summed E-state index contributed by atoms with van der Waals surface area (Å²) in [6, 6.07) is 5.44. The zero-order valence-corrected chi connectivity index (χ0v) is 8.86. The maximum absolute atomic E-state index is 10.7. The zero-order valence-electron chi connectivity index (χ0n) is 8.86. The van der Waals surface area contributed by atoms with Crippen LogP contribution in [0.15, 0.2) is 18.2 Å². The molecular weight excluding hydrogens is 194 g/mol. The van der Waals surface area contributed by atoms with Gasteiger partial charge in [-0.15, -0.1) is 0 Å². The minimum absolute atomic E-state index is 0.0394. The summed E-state index contributed by atoms with van der Waals surface area (Å²) < 4.78 is 5.24. The lowest BCUT2D eigenvalue weighted by Gasteiger charge is -2.13. The maximum atomic E-state index is 10.7. The Morgan fingerprint density at radius 2 is 2.13 bits per heavy atom. The van der Waals surface area contributed by atoms with Crippen LogP contribution >= 0.6 is 0 Å². The maximum Gasteiger partial charge on any atom is 0.346 e. The molecule has 0 amide bonds. The molecule has 0 spiro atoms. The van der Waals surface area contributed by atoms with Gasteiger partial charge in [0.2, 0.25) is 6.10 Å². The molecule has 0 radical (unpaired) electrons. The van der Waals surface area contributed by atoms with Crippen molar-refractivity contribution in [3.05, 3.63) is 29.3 Å². The third kappa shape index (κ3) is 2.95. The quantitative estimate of drug-likeness (QED) is 0.778. The van der Waals surface area contributed by atoms with Crippen molar-refractivity contribution in [1.82, 2.24) is 0 Å². The topological polar surface area (TPSA) is 72.5 Å². The predicted octanol–water partition coefficient (Wildman–Crippen LogP) is 1.09. The number of benzene rings is 1. The molecule has 1 atom stereocenters. The van der Waals surface area contributed by atoms with E-state index in [-0.39, 0.29) is 6.54 Å². The van der Waals surface area contributed by atoms with Crippen molar-refractivity contribution in [1.29, 1.82) is 0 Å². The summed E-state index contributed by atoms with van der Waals surface area (Å²) in [7, 11) is 0. The first-order chi connectivity index (χ1) is 7.04. The summed E-state index contributed by atoms with van der Waals surface area (Å²) >= 11 is 0. The van der Waals surface area contributed by atoms with E-state index < -0.39 is 12.1 Å². The lowest BCUT2D eigenvalue weighted by molar-refractivity contribution is -0.144. The predicted molar refractivity (Wildman–Crippen MR) is 57.0 cm³/mol. The molecule has 1 aromatic carbocycles. The second-order valence-corrected chi connectivity index (χ2v) is 3.43. The third-order valence-electron chi connectivity index (χ3n) is 2.25. The molecule has 0 aliphatic heterocycles. The van der Waals surface area contributed by atoms with Crippen LogP contribution in [0.4, 0.5) is 0 Å². The molecule has 0 aliphatic rings. The molecule has 0 fully saturated rings. The van der Waals surface area contributed by atoms with Crippen LogP contribution in [0.5, 0.6) is 5.75 Å². The fourth-order valence-electron chi connectivity index (χ4n) is 1.15. The molecule has 82 valence electrons. The van der Waals surface area contributed by atoms with Gasteiger partial charge in [-0.05, 0) is 37.1 Å². The molecule has 4 heteroatoms. The number of carboxylic acid groups (broad SMARTS) is 1. The molecule has 0 aliphatic carbocycles. The van der Waals surface area contributed by atoms with E-state index in [1.165, 1.54) is 0 Å². The fourth-order valence-corrected chi connectivity index (χ4v) is 1.15. The number of carboxylic acids is 1. The fraction of sp³-hybridized carbons (Fsp3) is 0.364. The van der Waals surface area contributed by atoms with Crippen LogP contribution in [0.1, 0.15) is 11.1 Å². The van der Waals surface area contributed by atoms with Gasteiger partial charge >= 0.3 is 5.97 Å². The van der Waals surface area contributed by atoms with Gasteiger partial charge in [0.15, 0.2) is 0 Å². The zero-order chi connectivity index (χ0) is 11.4. The molecule has 0 saturated heterocycles. The monoisotopic (exact) mass is 209 g/mol. The molecule has 0 heterocycles. The van der Waals surface area contributed by atoms with E-state index in [4.69, 9.17) is 15.6 Å². The van der Waals surface area contributed by atoms with Crippen LogP contribution < -0.4 is 10.5 Å². The summed E-state index contributed by atoms with van der Waals surface area (Å²) in [6.07, 6.45) is -0.980. The molecule has 1 aromatic rings. The van der Waals surface area contributed by atoms with Crippen LogP contribution in [0.3, 0.4) is 0 Å². The summed E-state index contributed by atoms with van der Waals surface area (Å²) in [5, 5.41) is 8.75. The van der Waals surface area contributed by atoms with Gasteiger partial charge in [0.25, 0.3) is 0 Å². The number of carbonyl (C=O) groups is 1. The molecular formula is C11H15NO3. The Bertz CT molecular complexity index is 363. The second kappa shape index (κ2) is 4.79. The number of nitrogens with two attached hydrogens (primary N) is 1. The third-order valence-corrected chi connectivity index (χ3v) is 2.25. The van der Waals surface area contributed by atoms with Crippen LogP contribution in [-0.2, 0) is 4.79 Å². The van der Waals surface area contributed by atoms with Crippen LogP contribution in [0.25, 0.3) is 0 Å². The van der Waals surface area contributed by atoms with E-state index in [2.05, 4.69) is 0 Å². The van der Waals surface area contributed by atoms with Gasteiger partial charge in [0.1, 0.15) is 5.75 Å². The molecule has 1 rings (SSSR count). The SMILES string of the molecule is Cc1ccc(OC(CN)C(=O)O)cc1C. The highest BCUT2D eigenvalue weighted by molar-refractivity contribution is 5.73. The number of ether oxygens (including phenoxy) is 1. The molecule has 1 unspecified atom stereocenters. The van der Waals surface area contributed by atoms with Gasteiger partial charge in [0.05, 0.1) is 0 Å². The lowest BCUT2D eigenvalue weighted by Crippen LogP contribution is -2.34. The van der Waals surface area contributed by atoms with Gasteiger partial charge < -0.3 is 15.6 Å². The molecule has 3 N–H and O–H groups in total. The summed E-state index contributed by atoms with van der Waals surface area (Å²) in [5.74, 6) is -0.508. The average molecular weight is 209 g/mol. The van der Waals surface area contributed by atoms with Crippen molar-refractivity contribution in [2.24, 2.45) is 5.73 Å². The Hall–Kier alpha value is -1.55. The van der Waals surface area contributed by atoms with Gasteiger partial charge in [-0.25, -0.2) is 4.79 Å². The van der Waals surface area contributed by atoms with E-state index in [0.29, 0.717) is 5.75 Å². The van der Waals surface area contributed by atoms with Crippen molar-refractivity contribution in [2.75, 3.05) is 6.54 Å². The van der Waals surface area contributed by atoms with Crippen molar-refractivity contribution < 1.29 is 14.6 Å². The van der Waals surface area contributed by atoms with Gasteiger partial charge in [-0.2, -0.15) is 0 Å². The Labute approximate surface area is 88.7 Å². The van der Waals surface area contributed by atoms with Gasteiger partial charge in [-0.1, -0.05) is 6.07 Å². The highest BCUT2D eigenvalue weighted by atomic mass is 16.5. The number of aliphatic carboxylic acids is 1. The van der Waals surface area contributed by atoms with Crippen LogP contribution in [-0.4, -0.2) is 23.7 Å². The Morgan fingerprint density at radius 1 is 1.47 bits per heavy atom. The minimum atomic E-state index is -1.05. The lowest BCUT2D eigenvalue weighted by atomic mass is 10.1. The van der Waals surface area contributed by atoms with E-state index >= 15 is 0 Å². The highest BCUT2D eigenvalue weighted by Crippen LogP contribution is 2.17. The Morgan fingerprint density at radius 3 is 2.60 bits per heavy atom. The largest absolute Gasteiger partial charge is 0.478 e. The number of rotatable bonds is 4. The Kier molecular flexibility index (Phi) is 3.68. The number of hydrogen-bond acceptors (Lipinski definition) is 3. The highest BCUT2D eigenvalue weighted by Gasteiger charge is 2.16. The van der Waals surface area contributed by atoms with Crippen molar-refractivity contribution >= 4 is 5.97 Å². The van der Waals surface area contributed by atoms with E-state index in [9.17, 15) is 4.79 Å². The normalized spacial score (nSPS) is 12.2. The second-order valence-electron chi connectivity index (χ2n) is 3.43. The van der Waals surface area contributed by atoms with Gasteiger partial charge in [-0.3, -0.25) is 0 Å². The molecule has 0 bridgehead atoms.